The Morgan fingerprint density at radius 2 is 1.91 bits per heavy atom. The average molecular weight is 292 g/mol. The summed E-state index contributed by atoms with van der Waals surface area (Å²) in [5.41, 5.74) is 0.833. The molecular formula is C17H16N4O. The zero-order valence-electron chi connectivity index (χ0n) is 12.1. The lowest BCUT2D eigenvalue weighted by Crippen LogP contribution is -2.59. The van der Waals surface area contributed by atoms with Crippen LogP contribution in [0, 0.1) is 22.7 Å². The van der Waals surface area contributed by atoms with E-state index in [2.05, 4.69) is 34.2 Å². The van der Waals surface area contributed by atoms with Gasteiger partial charge < -0.3 is 4.74 Å². The molecule has 0 amide bonds. The first-order valence-corrected chi connectivity index (χ1v) is 7.56. The average Bonchev–Trinajstić information content (AvgIpc) is 2.77. The Labute approximate surface area is 129 Å². The van der Waals surface area contributed by atoms with Crippen LogP contribution in [0.3, 0.4) is 0 Å². The van der Waals surface area contributed by atoms with Crippen molar-refractivity contribution in [3.8, 4) is 12.1 Å². The van der Waals surface area contributed by atoms with Crippen LogP contribution in [0.2, 0.25) is 0 Å². The van der Waals surface area contributed by atoms with Gasteiger partial charge in [-0.25, -0.2) is 0 Å². The quantitative estimate of drug-likeness (QED) is 0.773. The molecule has 2 bridgehead atoms. The van der Waals surface area contributed by atoms with Crippen LogP contribution in [0.5, 0.6) is 0 Å². The van der Waals surface area contributed by atoms with Crippen molar-refractivity contribution in [2.45, 2.75) is 36.4 Å². The number of fused-ring (bicyclic) bond motifs is 2. The van der Waals surface area contributed by atoms with Gasteiger partial charge in [0.05, 0.1) is 36.3 Å². The summed E-state index contributed by atoms with van der Waals surface area (Å²) in [6, 6.07) is 7.50. The van der Waals surface area contributed by atoms with Crippen molar-refractivity contribution in [1.29, 1.82) is 10.5 Å². The molecule has 2 saturated heterocycles. The predicted molar refractivity (Wildman–Crippen MR) is 78.6 cm³/mol. The summed E-state index contributed by atoms with van der Waals surface area (Å²) in [6.07, 6.45) is 9.24. The van der Waals surface area contributed by atoms with Gasteiger partial charge in [-0.3, -0.25) is 9.88 Å². The van der Waals surface area contributed by atoms with E-state index in [4.69, 9.17) is 10.00 Å². The molecule has 3 aliphatic heterocycles. The number of aromatic nitrogens is 1. The molecule has 4 rings (SSSR count). The monoisotopic (exact) mass is 292 g/mol. The third kappa shape index (κ3) is 1.87. The van der Waals surface area contributed by atoms with E-state index in [1.54, 1.807) is 12.4 Å². The molecule has 3 aliphatic rings. The highest BCUT2D eigenvalue weighted by molar-refractivity contribution is 5.40. The minimum Gasteiger partial charge on any atom is -0.378 e. The molecular weight excluding hydrogens is 276 g/mol. The third-order valence-electron chi connectivity index (χ3n) is 5.11. The Kier molecular flexibility index (Phi) is 3.00. The van der Waals surface area contributed by atoms with E-state index >= 15 is 0 Å². The topological polar surface area (TPSA) is 72.9 Å². The maximum Gasteiger partial charge on any atom is 0.101 e. The van der Waals surface area contributed by atoms with Gasteiger partial charge in [0, 0.05) is 24.5 Å². The minimum absolute atomic E-state index is 0.276. The first-order valence-electron chi connectivity index (χ1n) is 7.56. The second kappa shape index (κ2) is 4.91. The molecule has 22 heavy (non-hydrogen) atoms. The van der Waals surface area contributed by atoms with E-state index in [-0.39, 0.29) is 12.1 Å². The second-order valence-corrected chi connectivity index (χ2v) is 6.33. The lowest BCUT2D eigenvalue weighted by Gasteiger charge is -2.49. The Hall–Kier alpha value is -2.21. The van der Waals surface area contributed by atoms with Crippen LogP contribution in [-0.2, 0) is 10.2 Å². The van der Waals surface area contributed by atoms with Crippen LogP contribution in [0.4, 0.5) is 0 Å². The molecule has 1 aromatic rings. The molecule has 0 unspecified atom stereocenters. The van der Waals surface area contributed by atoms with Gasteiger partial charge in [-0.1, -0.05) is 12.2 Å². The Morgan fingerprint density at radius 3 is 2.45 bits per heavy atom. The minimum atomic E-state index is -0.556. The second-order valence-electron chi connectivity index (χ2n) is 6.33. The van der Waals surface area contributed by atoms with E-state index in [1.807, 2.05) is 6.07 Å². The largest absolute Gasteiger partial charge is 0.378 e. The normalized spacial score (nSPS) is 33.9. The van der Waals surface area contributed by atoms with Crippen LogP contribution < -0.4 is 0 Å². The number of rotatable bonds is 2. The predicted octanol–water partition coefficient (Wildman–Crippen LogP) is 1.52. The summed E-state index contributed by atoms with van der Waals surface area (Å²) in [5, 5.41) is 19.0. The summed E-state index contributed by atoms with van der Waals surface area (Å²) in [7, 11) is 0. The first-order chi connectivity index (χ1) is 10.8. The highest BCUT2D eigenvalue weighted by Crippen LogP contribution is 2.45. The SMILES string of the molecule is N#Cc1cncc([C@@]2(C#N)C[C@H]3C=C[C@@H](C2)N3C2COC2)c1. The summed E-state index contributed by atoms with van der Waals surface area (Å²) in [4.78, 5) is 6.63. The zero-order valence-corrected chi connectivity index (χ0v) is 12.1. The van der Waals surface area contributed by atoms with Crippen LogP contribution in [-0.4, -0.2) is 41.2 Å². The smallest absolute Gasteiger partial charge is 0.101 e. The molecule has 0 saturated carbocycles. The summed E-state index contributed by atoms with van der Waals surface area (Å²) in [6.45, 7) is 1.58. The summed E-state index contributed by atoms with van der Waals surface area (Å²) in [5.74, 6) is 0. The molecule has 0 radical (unpaired) electrons. The van der Waals surface area contributed by atoms with Gasteiger partial charge in [-0.05, 0) is 24.5 Å². The fraction of sp³-hybridized carbons (Fsp3) is 0.471. The van der Waals surface area contributed by atoms with Gasteiger partial charge in [0.2, 0.25) is 0 Å². The van der Waals surface area contributed by atoms with Crippen molar-refractivity contribution in [3.63, 3.8) is 0 Å². The van der Waals surface area contributed by atoms with Gasteiger partial charge >= 0.3 is 0 Å². The number of piperidine rings is 1. The molecule has 110 valence electrons. The van der Waals surface area contributed by atoms with Crippen LogP contribution >= 0.6 is 0 Å². The lowest BCUT2D eigenvalue weighted by molar-refractivity contribution is -0.0920. The lowest BCUT2D eigenvalue weighted by atomic mass is 9.70. The molecule has 4 heterocycles. The molecule has 5 nitrogen and oxygen atoms in total. The summed E-state index contributed by atoms with van der Waals surface area (Å²) < 4.78 is 5.33. The molecule has 1 aromatic heterocycles. The van der Waals surface area contributed by atoms with Crippen molar-refractivity contribution in [3.05, 3.63) is 41.7 Å². The molecule has 0 spiro atoms. The third-order valence-corrected chi connectivity index (χ3v) is 5.11. The number of nitrogens with zero attached hydrogens (tertiary/aromatic N) is 4. The van der Waals surface area contributed by atoms with E-state index in [1.165, 1.54) is 0 Å². The van der Waals surface area contributed by atoms with Crippen molar-refractivity contribution in [1.82, 2.24) is 9.88 Å². The highest BCUT2D eigenvalue weighted by Gasteiger charge is 2.50. The van der Waals surface area contributed by atoms with Gasteiger partial charge in [-0.2, -0.15) is 10.5 Å². The molecule has 0 N–H and O–H groups in total. The number of ether oxygens (including phenoxy) is 1. The number of hydrogen-bond acceptors (Lipinski definition) is 5. The van der Waals surface area contributed by atoms with E-state index in [9.17, 15) is 5.26 Å². The standard InChI is InChI=1S/C17H16N4O/c18-6-12-3-13(8-20-7-12)17(11-19)4-14-1-2-15(5-17)21(14)16-9-22-10-16/h1-3,7-8,14-16H,4-5,9-10H2/t14-,15+,17+. The van der Waals surface area contributed by atoms with Crippen LogP contribution in [0.1, 0.15) is 24.0 Å². The molecule has 0 aliphatic carbocycles. The van der Waals surface area contributed by atoms with Gasteiger partial charge in [0.15, 0.2) is 0 Å². The Morgan fingerprint density at radius 1 is 1.18 bits per heavy atom. The van der Waals surface area contributed by atoms with Crippen molar-refractivity contribution < 1.29 is 4.74 Å². The van der Waals surface area contributed by atoms with Crippen molar-refractivity contribution in [2.24, 2.45) is 0 Å². The van der Waals surface area contributed by atoms with Crippen LogP contribution in [0.25, 0.3) is 0 Å². The van der Waals surface area contributed by atoms with Crippen molar-refractivity contribution in [2.75, 3.05) is 13.2 Å². The zero-order chi connectivity index (χ0) is 15.2. The van der Waals surface area contributed by atoms with E-state index in [0.717, 1.165) is 31.6 Å². The Balaban J connectivity index is 1.67. The highest BCUT2D eigenvalue weighted by atomic mass is 16.5. The Bertz CT molecular complexity index is 694. The fourth-order valence-corrected chi connectivity index (χ4v) is 3.94. The van der Waals surface area contributed by atoms with E-state index in [0.29, 0.717) is 11.6 Å². The number of hydrogen-bond donors (Lipinski definition) is 0. The van der Waals surface area contributed by atoms with Gasteiger partial charge in [0.1, 0.15) is 6.07 Å². The van der Waals surface area contributed by atoms with E-state index < -0.39 is 5.41 Å². The molecule has 3 atom stereocenters. The molecule has 0 aromatic carbocycles. The first kappa shape index (κ1) is 13.5. The van der Waals surface area contributed by atoms with Gasteiger partial charge in [0.25, 0.3) is 0 Å². The maximum absolute atomic E-state index is 9.89. The van der Waals surface area contributed by atoms with Crippen LogP contribution in [0.15, 0.2) is 30.6 Å². The maximum atomic E-state index is 9.89. The fourth-order valence-electron chi connectivity index (χ4n) is 3.94. The number of pyridine rings is 1. The number of nitriles is 2. The molecule has 2 fully saturated rings. The van der Waals surface area contributed by atoms with Gasteiger partial charge in [-0.15, -0.1) is 0 Å². The summed E-state index contributed by atoms with van der Waals surface area (Å²) >= 11 is 0. The van der Waals surface area contributed by atoms with Crippen molar-refractivity contribution >= 4 is 0 Å². The molecule has 5 heteroatoms.